The van der Waals surface area contributed by atoms with Crippen LogP contribution in [0.5, 0.6) is 0 Å². The Kier molecular flexibility index (Phi) is 6.35. The first-order valence-electron chi connectivity index (χ1n) is 6.11. The molecule has 0 saturated carbocycles. The maximum Gasteiger partial charge on any atom is 0.228 e. The number of nitrogens with one attached hydrogen (secondary N) is 2. The molecule has 0 radical (unpaired) electrons. The van der Waals surface area contributed by atoms with Crippen LogP contribution in [-0.2, 0) is 14.8 Å². The van der Waals surface area contributed by atoms with Crippen LogP contribution in [0.25, 0.3) is 0 Å². The first kappa shape index (κ1) is 14.8. The summed E-state index contributed by atoms with van der Waals surface area (Å²) in [6, 6.07) is 0. The fraction of sp³-hybridized carbons (Fsp3) is 1.00. The zero-order valence-corrected chi connectivity index (χ0v) is 11.4. The van der Waals surface area contributed by atoms with Crippen molar-refractivity contribution < 1.29 is 13.2 Å². The average molecular weight is 265 g/mol. The molecule has 1 atom stereocenters. The fourth-order valence-corrected chi connectivity index (χ4v) is 2.58. The Morgan fingerprint density at radius 1 is 1.35 bits per heavy atom. The van der Waals surface area contributed by atoms with Gasteiger partial charge in [0.15, 0.2) is 0 Å². The zero-order valence-electron chi connectivity index (χ0n) is 10.6. The van der Waals surface area contributed by atoms with Crippen molar-refractivity contribution in [3.8, 4) is 0 Å². The Balaban J connectivity index is 2.37. The number of rotatable bonds is 7. The van der Waals surface area contributed by atoms with Gasteiger partial charge < -0.3 is 10.1 Å². The fourth-order valence-electron chi connectivity index (χ4n) is 1.52. The Morgan fingerprint density at radius 3 is 2.59 bits per heavy atom. The molecule has 0 aromatic carbocycles. The van der Waals surface area contributed by atoms with Crippen molar-refractivity contribution in [1.29, 1.82) is 0 Å². The van der Waals surface area contributed by atoms with Crippen LogP contribution < -0.4 is 10.1 Å². The van der Waals surface area contributed by atoms with Crippen LogP contribution in [0.3, 0.4) is 0 Å². The number of hydrazine groups is 1. The monoisotopic (exact) mass is 265 g/mol. The number of nitrogens with zero attached hydrogens (tertiary/aromatic N) is 1. The van der Waals surface area contributed by atoms with E-state index in [1.54, 1.807) is 11.9 Å². The van der Waals surface area contributed by atoms with Gasteiger partial charge in [-0.15, -0.1) is 4.83 Å². The van der Waals surface area contributed by atoms with E-state index in [1.807, 2.05) is 0 Å². The van der Waals surface area contributed by atoms with Crippen LogP contribution in [0.4, 0.5) is 0 Å². The second-order valence-corrected chi connectivity index (χ2v) is 6.33. The normalized spacial score (nSPS) is 20.4. The summed E-state index contributed by atoms with van der Waals surface area (Å²) in [7, 11) is -3.28. The molecule has 1 saturated heterocycles. The molecule has 7 heteroatoms. The Bertz CT molecular complexity index is 302. The summed E-state index contributed by atoms with van der Waals surface area (Å²) >= 11 is 0. The molecule has 6 nitrogen and oxygen atoms in total. The molecule has 1 aliphatic heterocycles. The molecule has 0 aromatic heterocycles. The van der Waals surface area contributed by atoms with Crippen molar-refractivity contribution in [1.82, 2.24) is 15.2 Å². The van der Waals surface area contributed by atoms with E-state index in [0.717, 1.165) is 13.0 Å². The van der Waals surface area contributed by atoms with Gasteiger partial charge in [0.25, 0.3) is 0 Å². The summed E-state index contributed by atoms with van der Waals surface area (Å²) in [4.78, 5) is 2.61. The second kappa shape index (κ2) is 7.27. The molecule has 0 amide bonds. The topological polar surface area (TPSA) is 70.7 Å². The van der Waals surface area contributed by atoms with Gasteiger partial charge in [-0.05, 0) is 19.9 Å². The molecule has 1 unspecified atom stereocenters. The molecule has 17 heavy (non-hydrogen) atoms. The maximum absolute atomic E-state index is 12.0. The van der Waals surface area contributed by atoms with Crippen LogP contribution in [-0.4, -0.2) is 58.1 Å². The molecule has 0 aromatic rings. The van der Waals surface area contributed by atoms with Crippen molar-refractivity contribution in [2.75, 3.05) is 39.4 Å². The van der Waals surface area contributed by atoms with Gasteiger partial charge >= 0.3 is 0 Å². The van der Waals surface area contributed by atoms with Gasteiger partial charge in [-0.2, -0.15) is 0 Å². The van der Waals surface area contributed by atoms with Crippen molar-refractivity contribution in [2.45, 2.75) is 25.5 Å². The molecule has 0 aliphatic carbocycles. The summed E-state index contributed by atoms with van der Waals surface area (Å²) in [6.07, 6.45) is 1.00. The Labute approximate surface area is 104 Å². The minimum absolute atomic E-state index is 0.433. The molecular formula is C10H23N3O3S. The van der Waals surface area contributed by atoms with E-state index in [2.05, 4.69) is 17.1 Å². The predicted octanol–water partition coefficient (Wildman–Crippen LogP) is -0.459. The van der Waals surface area contributed by atoms with Gasteiger partial charge in [0.1, 0.15) is 0 Å². The van der Waals surface area contributed by atoms with E-state index in [9.17, 15) is 8.42 Å². The quantitative estimate of drug-likeness (QED) is 0.610. The van der Waals surface area contributed by atoms with Crippen LogP contribution in [0, 0.1) is 0 Å². The SMILES string of the molecule is CCCNCC(C)S(=O)(=O)NN1CCOCC1. The number of hydrogen-bond donors (Lipinski definition) is 2. The van der Waals surface area contributed by atoms with Crippen LogP contribution >= 0.6 is 0 Å². The summed E-state index contributed by atoms with van der Waals surface area (Å²) < 4.78 is 29.1. The zero-order chi connectivity index (χ0) is 12.7. The lowest BCUT2D eigenvalue weighted by Gasteiger charge is -2.28. The highest BCUT2D eigenvalue weighted by Crippen LogP contribution is 2.01. The van der Waals surface area contributed by atoms with Gasteiger partial charge in [0, 0.05) is 19.6 Å². The lowest BCUT2D eigenvalue weighted by atomic mass is 10.4. The van der Waals surface area contributed by atoms with Crippen molar-refractivity contribution in [3.63, 3.8) is 0 Å². The summed E-state index contributed by atoms with van der Waals surface area (Å²) in [5, 5.41) is 4.39. The third-order valence-electron chi connectivity index (χ3n) is 2.66. The van der Waals surface area contributed by atoms with Gasteiger partial charge in [0.2, 0.25) is 10.0 Å². The predicted molar refractivity (Wildman–Crippen MR) is 67.1 cm³/mol. The third-order valence-corrected chi connectivity index (χ3v) is 4.39. The second-order valence-electron chi connectivity index (χ2n) is 4.25. The van der Waals surface area contributed by atoms with Crippen molar-refractivity contribution >= 4 is 10.0 Å². The standard InChI is InChI=1S/C10H23N3O3S/c1-3-4-11-9-10(2)17(14,15)12-13-5-7-16-8-6-13/h10-12H,3-9H2,1-2H3. The highest BCUT2D eigenvalue weighted by molar-refractivity contribution is 7.90. The first-order valence-corrected chi connectivity index (χ1v) is 7.65. The molecule has 1 fully saturated rings. The van der Waals surface area contributed by atoms with Gasteiger partial charge in [-0.3, -0.25) is 0 Å². The largest absolute Gasteiger partial charge is 0.379 e. The van der Waals surface area contributed by atoms with Crippen LogP contribution in [0.2, 0.25) is 0 Å². The van der Waals surface area contributed by atoms with E-state index in [4.69, 9.17) is 4.74 Å². The van der Waals surface area contributed by atoms with E-state index in [1.165, 1.54) is 0 Å². The minimum atomic E-state index is -3.28. The number of hydrogen-bond acceptors (Lipinski definition) is 5. The Hall–Kier alpha value is -0.210. The number of sulfonamides is 1. The molecule has 1 aliphatic rings. The highest BCUT2D eigenvalue weighted by Gasteiger charge is 2.23. The molecule has 1 heterocycles. The molecule has 102 valence electrons. The molecule has 0 bridgehead atoms. The summed E-state index contributed by atoms with van der Waals surface area (Å²) in [5.74, 6) is 0. The van der Waals surface area contributed by atoms with E-state index in [0.29, 0.717) is 32.8 Å². The van der Waals surface area contributed by atoms with E-state index < -0.39 is 15.3 Å². The van der Waals surface area contributed by atoms with E-state index >= 15 is 0 Å². The van der Waals surface area contributed by atoms with Crippen LogP contribution in [0.15, 0.2) is 0 Å². The molecular weight excluding hydrogens is 242 g/mol. The van der Waals surface area contributed by atoms with Gasteiger partial charge in [-0.1, -0.05) is 6.92 Å². The lowest BCUT2D eigenvalue weighted by molar-refractivity contribution is 0.0271. The smallest absolute Gasteiger partial charge is 0.228 e. The average Bonchev–Trinajstić information content (AvgIpc) is 2.30. The van der Waals surface area contributed by atoms with Gasteiger partial charge in [0.05, 0.1) is 18.5 Å². The molecule has 1 rings (SSSR count). The lowest BCUT2D eigenvalue weighted by Crippen LogP contribution is -2.51. The summed E-state index contributed by atoms with van der Waals surface area (Å²) in [6.45, 7) is 7.45. The van der Waals surface area contributed by atoms with Gasteiger partial charge in [-0.25, -0.2) is 13.4 Å². The number of morpholine rings is 1. The highest BCUT2D eigenvalue weighted by atomic mass is 32.2. The number of ether oxygens (including phenoxy) is 1. The maximum atomic E-state index is 12.0. The minimum Gasteiger partial charge on any atom is -0.379 e. The van der Waals surface area contributed by atoms with Crippen molar-refractivity contribution in [2.24, 2.45) is 0 Å². The van der Waals surface area contributed by atoms with Crippen molar-refractivity contribution in [3.05, 3.63) is 0 Å². The molecule has 2 N–H and O–H groups in total. The van der Waals surface area contributed by atoms with E-state index in [-0.39, 0.29) is 0 Å². The summed E-state index contributed by atoms with van der Waals surface area (Å²) in [5.41, 5.74) is 0. The third kappa shape index (κ3) is 5.31. The van der Waals surface area contributed by atoms with Crippen LogP contribution in [0.1, 0.15) is 20.3 Å². The first-order chi connectivity index (χ1) is 8.06. The molecule has 0 spiro atoms. The Morgan fingerprint density at radius 2 is 2.00 bits per heavy atom.